The highest BCUT2D eigenvalue weighted by atomic mass is 79.9. The summed E-state index contributed by atoms with van der Waals surface area (Å²) in [6.45, 7) is 3.53. The Labute approximate surface area is 104 Å². The number of nitro groups is 1. The fourth-order valence-electron chi connectivity index (χ4n) is 1.01. The summed E-state index contributed by atoms with van der Waals surface area (Å²) in [6, 6.07) is 1.68. The molecule has 0 N–H and O–H groups in total. The monoisotopic (exact) mass is 337 g/mol. The van der Waals surface area contributed by atoms with E-state index >= 15 is 0 Å². The third kappa shape index (κ3) is 3.17. The number of hydrogen-bond acceptors (Lipinski definition) is 3. The minimum absolute atomic E-state index is 0.128. The van der Waals surface area contributed by atoms with Gasteiger partial charge in [-0.3, -0.25) is 10.1 Å². The minimum Gasteiger partial charge on any atom is -0.449 e. The maximum absolute atomic E-state index is 10.7. The van der Waals surface area contributed by atoms with Crippen molar-refractivity contribution >= 4 is 37.9 Å². The van der Waals surface area contributed by atoms with Gasteiger partial charge >= 0.3 is 0 Å². The molecule has 0 amide bonds. The summed E-state index contributed by atoms with van der Waals surface area (Å²) < 4.78 is 6.50. The predicted octanol–water partition coefficient (Wildman–Crippen LogP) is 4.08. The summed E-state index contributed by atoms with van der Waals surface area (Å²) in [5, 5.41) is 10.7. The van der Waals surface area contributed by atoms with Gasteiger partial charge in [-0.25, -0.2) is 0 Å². The van der Waals surface area contributed by atoms with Crippen LogP contribution in [0.25, 0.3) is 6.08 Å². The lowest BCUT2D eigenvalue weighted by molar-refractivity contribution is -0.431. The van der Waals surface area contributed by atoms with Crippen LogP contribution in [0.1, 0.15) is 19.6 Å². The molecule has 0 fully saturated rings. The van der Waals surface area contributed by atoms with Crippen LogP contribution in [0.3, 0.4) is 0 Å². The van der Waals surface area contributed by atoms with Crippen LogP contribution >= 0.6 is 31.9 Å². The summed E-state index contributed by atoms with van der Waals surface area (Å²) in [4.78, 5) is 10.3. The molecule has 6 heteroatoms. The standard InChI is InChI=1S/C9H9Br2NO3/c1-5(2)8(12(13)14)4-6-3-7(10)9(11)15-6/h3-5H,1-2H3. The quantitative estimate of drug-likeness (QED) is 0.616. The molecule has 82 valence electrons. The van der Waals surface area contributed by atoms with E-state index in [2.05, 4.69) is 31.9 Å². The van der Waals surface area contributed by atoms with Crippen molar-refractivity contribution in [1.29, 1.82) is 0 Å². The highest BCUT2D eigenvalue weighted by Crippen LogP contribution is 2.28. The second-order valence-corrected chi connectivity index (χ2v) is 4.83. The molecule has 0 aliphatic rings. The highest BCUT2D eigenvalue weighted by Gasteiger charge is 2.17. The summed E-state index contributed by atoms with van der Waals surface area (Å²) in [5.41, 5.74) is 0.128. The molecule has 0 aliphatic heterocycles. The average molecular weight is 339 g/mol. The summed E-state index contributed by atoms with van der Waals surface area (Å²) in [6.07, 6.45) is 1.43. The molecule has 0 bridgehead atoms. The van der Waals surface area contributed by atoms with E-state index in [0.717, 1.165) is 4.47 Å². The number of hydrogen-bond donors (Lipinski definition) is 0. The van der Waals surface area contributed by atoms with Gasteiger partial charge in [0.25, 0.3) is 5.70 Å². The Morgan fingerprint density at radius 1 is 1.60 bits per heavy atom. The SMILES string of the molecule is CC(C)C(=Cc1cc(Br)c(Br)o1)[N+](=O)[O-]. The second-order valence-electron chi connectivity index (χ2n) is 3.25. The van der Waals surface area contributed by atoms with Crippen LogP contribution in [0.2, 0.25) is 0 Å². The maximum atomic E-state index is 10.7. The lowest BCUT2D eigenvalue weighted by Gasteiger charge is -1.99. The lowest BCUT2D eigenvalue weighted by Crippen LogP contribution is -2.05. The Balaban J connectivity index is 3.07. The minimum atomic E-state index is -0.394. The molecule has 1 aromatic rings. The van der Waals surface area contributed by atoms with Gasteiger partial charge < -0.3 is 4.42 Å². The van der Waals surface area contributed by atoms with Gasteiger partial charge in [0, 0.05) is 5.92 Å². The second kappa shape index (κ2) is 4.94. The Morgan fingerprint density at radius 3 is 2.53 bits per heavy atom. The van der Waals surface area contributed by atoms with E-state index in [1.165, 1.54) is 6.08 Å². The summed E-state index contributed by atoms with van der Waals surface area (Å²) in [7, 11) is 0. The molecule has 15 heavy (non-hydrogen) atoms. The normalized spacial score (nSPS) is 12.2. The first-order valence-electron chi connectivity index (χ1n) is 4.22. The van der Waals surface area contributed by atoms with E-state index in [1.807, 2.05) is 0 Å². The van der Waals surface area contributed by atoms with Crippen molar-refractivity contribution in [3.05, 3.63) is 36.8 Å². The van der Waals surface area contributed by atoms with Crippen LogP contribution < -0.4 is 0 Å². The molecule has 0 atom stereocenters. The molecule has 0 saturated carbocycles. The van der Waals surface area contributed by atoms with E-state index in [9.17, 15) is 10.1 Å². The van der Waals surface area contributed by atoms with Gasteiger partial charge in [0.15, 0.2) is 4.67 Å². The van der Waals surface area contributed by atoms with Crippen LogP contribution in [-0.4, -0.2) is 4.92 Å². The van der Waals surface area contributed by atoms with E-state index in [4.69, 9.17) is 4.42 Å². The fraction of sp³-hybridized carbons (Fsp3) is 0.333. The first kappa shape index (κ1) is 12.4. The zero-order valence-electron chi connectivity index (χ0n) is 8.16. The number of allylic oxidation sites excluding steroid dienone is 1. The molecule has 0 aromatic carbocycles. The molecular weight excluding hydrogens is 330 g/mol. The molecule has 0 radical (unpaired) electrons. The van der Waals surface area contributed by atoms with Crippen LogP contribution in [0.4, 0.5) is 0 Å². The molecule has 1 rings (SSSR count). The van der Waals surface area contributed by atoms with Gasteiger partial charge in [0.05, 0.1) is 15.5 Å². The van der Waals surface area contributed by atoms with Crippen molar-refractivity contribution < 1.29 is 9.34 Å². The average Bonchev–Trinajstić information content (AvgIpc) is 2.41. The van der Waals surface area contributed by atoms with E-state index in [1.54, 1.807) is 19.9 Å². The van der Waals surface area contributed by atoms with Crippen molar-refractivity contribution in [2.75, 3.05) is 0 Å². The number of nitrogens with zero attached hydrogens (tertiary/aromatic N) is 1. The van der Waals surface area contributed by atoms with Gasteiger partial charge in [-0.2, -0.15) is 0 Å². The molecule has 0 saturated heterocycles. The molecule has 0 spiro atoms. The third-order valence-electron chi connectivity index (χ3n) is 1.76. The summed E-state index contributed by atoms with van der Waals surface area (Å²) >= 11 is 6.41. The van der Waals surface area contributed by atoms with Gasteiger partial charge in [-0.1, -0.05) is 13.8 Å². The molecule has 0 aliphatic carbocycles. The Bertz CT molecular complexity index is 390. The van der Waals surface area contributed by atoms with Gasteiger partial charge in [-0.05, 0) is 37.9 Å². The zero-order valence-corrected chi connectivity index (χ0v) is 11.3. The van der Waals surface area contributed by atoms with E-state index in [0.29, 0.717) is 10.4 Å². The zero-order chi connectivity index (χ0) is 11.6. The third-order valence-corrected chi connectivity index (χ3v) is 3.47. The molecule has 1 aromatic heterocycles. The van der Waals surface area contributed by atoms with E-state index < -0.39 is 4.92 Å². The summed E-state index contributed by atoms with van der Waals surface area (Å²) in [5.74, 6) is 0.303. The molecule has 1 heterocycles. The van der Waals surface area contributed by atoms with Crippen LogP contribution in [0.5, 0.6) is 0 Å². The first-order valence-corrected chi connectivity index (χ1v) is 5.81. The van der Waals surface area contributed by atoms with Crippen molar-refractivity contribution in [2.24, 2.45) is 5.92 Å². The van der Waals surface area contributed by atoms with Crippen molar-refractivity contribution in [3.8, 4) is 0 Å². The highest BCUT2D eigenvalue weighted by molar-refractivity contribution is 9.13. The molecule has 0 unspecified atom stereocenters. The maximum Gasteiger partial charge on any atom is 0.252 e. The largest absolute Gasteiger partial charge is 0.449 e. The number of furan rings is 1. The van der Waals surface area contributed by atoms with Gasteiger partial charge in [0.2, 0.25) is 0 Å². The van der Waals surface area contributed by atoms with Crippen molar-refractivity contribution in [2.45, 2.75) is 13.8 Å². The molecular formula is C9H9Br2NO3. The lowest BCUT2D eigenvalue weighted by atomic mass is 10.1. The first-order chi connectivity index (χ1) is 6.91. The predicted molar refractivity (Wildman–Crippen MR) is 63.9 cm³/mol. The topological polar surface area (TPSA) is 56.3 Å². The fourth-order valence-corrected chi connectivity index (χ4v) is 1.62. The Morgan fingerprint density at radius 2 is 2.20 bits per heavy atom. The Kier molecular flexibility index (Phi) is 4.10. The van der Waals surface area contributed by atoms with E-state index in [-0.39, 0.29) is 11.6 Å². The number of rotatable bonds is 3. The van der Waals surface area contributed by atoms with Crippen molar-refractivity contribution in [1.82, 2.24) is 0 Å². The van der Waals surface area contributed by atoms with Crippen LogP contribution in [0.15, 0.2) is 25.3 Å². The smallest absolute Gasteiger partial charge is 0.252 e. The number of halogens is 2. The molecule has 4 nitrogen and oxygen atoms in total. The van der Waals surface area contributed by atoms with Crippen LogP contribution in [0, 0.1) is 16.0 Å². The van der Waals surface area contributed by atoms with Gasteiger partial charge in [0.1, 0.15) is 5.76 Å². The Hall–Kier alpha value is -0.620. The van der Waals surface area contributed by atoms with Crippen molar-refractivity contribution in [3.63, 3.8) is 0 Å². The van der Waals surface area contributed by atoms with Crippen LogP contribution in [-0.2, 0) is 0 Å². The van der Waals surface area contributed by atoms with Gasteiger partial charge in [-0.15, -0.1) is 0 Å².